The van der Waals surface area contributed by atoms with E-state index >= 15 is 0 Å². The number of pyridine rings is 1. The molecule has 0 spiro atoms. The van der Waals surface area contributed by atoms with E-state index in [4.69, 9.17) is 9.72 Å². The zero-order valence-electron chi connectivity index (χ0n) is 17.4. The van der Waals surface area contributed by atoms with Crippen LogP contribution in [0.4, 0.5) is 4.79 Å². The first kappa shape index (κ1) is 20.4. The first-order valence-corrected chi connectivity index (χ1v) is 10.2. The smallest absolute Gasteiger partial charge is 0.315 e. The normalized spacial score (nSPS) is 10.7. The second-order valence-corrected chi connectivity index (χ2v) is 7.16. The maximum absolute atomic E-state index is 12.2. The van der Waals surface area contributed by atoms with E-state index in [0.29, 0.717) is 26.1 Å². The van der Waals surface area contributed by atoms with E-state index in [0.717, 1.165) is 28.3 Å². The van der Waals surface area contributed by atoms with Crippen molar-refractivity contribution in [2.75, 3.05) is 13.7 Å². The van der Waals surface area contributed by atoms with Gasteiger partial charge in [0.25, 0.3) is 0 Å². The molecule has 0 fully saturated rings. The third kappa shape index (κ3) is 5.19. The van der Waals surface area contributed by atoms with Crippen LogP contribution in [0.15, 0.2) is 72.9 Å². The van der Waals surface area contributed by atoms with Gasteiger partial charge < -0.3 is 19.9 Å². The predicted octanol–water partition coefficient (Wildman–Crippen LogP) is 3.53. The van der Waals surface area contributed by atoms with Crippen molar-refractivity contribution in [2.24, 2.45) is 0 Å². The van der Waals surface area contributed by atoms with E-state index in [1.165, 1.54) is 5.56 Å². The summed E-state index contributed by atoms with van der Waals surface area (Å²) in [5.41, 5.74) is 3.86. The van der Waals surface area contributed by atoms with Gasteiger partial charge in [-0.15, -0.1) is 0 Å². The summed E-state index contributed by atoms with van der Waals surface area (Å²) in [6.07, 6.45) is 2.38. The molecule has 0 aliphatic heterocycles. The Hall–Kier alpha value is -3.87. The zero-order chi connectivity index (χ0) is 21.5. The Kier molecular flexibility index (Phi) is 6.42. The molecule has 0 bridgehead atoms. The number of amides is 2. The molecule has 2 aromatic heterocycles. The van der Waals surface area contributed by atoms with E-state index in [1.807, 2.05) is 54.6 Å². The van der Waals surface area contributed by atoms with Crippen molar-refractivity contribution in [3.8, 4) is 5.75 Å². The summed E-state index contributed by atoms with van der Waals surface area (Å²) in [6.45, 7) is 1.59. The van der Waals surface area contributed by atoms with Gasteiger partial charge in [-0.25, -0.2) is 14.8 Å². The van der Waals surface area contributed by atoms with Gasteiger partial charge in [-0.2, -0.15) is 0 Å². The van der Waals surface area contributed by atoms with Gasteiger partial charge in [0.2, 0.25) is 0 Å². The van der Waals surface area contributed by atoms with Gasteiger partial charge in [0.05, 0.1) is 13.7 Å². The Morgan fingerprint density at radius 1 is 1.00 bits per heavy atom. The number of methoxy groups -OCH3 is 1. The number of aromatic nitrogens is 3. The minimum atomic E-state index is -0.216. The minimum absolute atomic E-state index is 0.216. The number of fused-ring (bicyclic) bond motifs is 1. The number of hydrogen-bond acceptors (Lipinski definition) is 4. The molecule has 0 aliphatic carbocycles. The third-order valence-electron chi connectivity index (χ3n) is 4.99. The number of urea groups is 1. The van der Waals surface area contributed by atoms with Crippen molar-refractivity contribution >= 4 is 17.2 Å². The van der Waals surface area contributed by atoms with Gasteiger partial charge in [0, 0.05) is 25.7 Å². The van der Waals surface area contributed by atoms with E-state index in [1.54, 1.807) is 13.3 Å². The number of carbonyl (C=O) groups is 1. The maximum Gasteiger partial charge on any atom is 0.315 e. The quantitative estimate of drug-likeness (QED) is 0.461. The number of hydrogen-bond donors (Lipinski definition) is 2. The number of carbonyl (C=O) groups excluding carboxylic acids is 1. The summed E-state index contributed by atoms with van der Waals surface area (Å²) >= 11 is 0. The van der Waals surface area contributed by atoms with Crippen LogP contribution in [0, 0.1) is 0 Å². The number of benzene rings is 2. The molecule has 158 valence electrons. The van der Waals surface area contributed by atoms with Crippen molar-refractivity contribution in [1.29, 1.82) is 0 Å². The number of imidazole rings is 1. The molecule has 0 unspecified atom stereocenters. The highest BCUT2D eigenvalue weighted by atomic mass is 16.5. The Labute approximate surface area is 181 Å². The lowest BCUT2D eigenvalue weighted by molar-refractivity contribution is 0.240. The van der Waals surface area contributed by atoms with Crippen molar-refractivity contribution < 1.29 is 9.53 Å². The fourth-order valence-electron chi connectivity index (χ4n) is 3.44. The van der Waals surface area contributed by atoms with Crippen molar-refractivity contribution in [3.63, 3.8) is 0 Å². The minimum Gasteiger partial charge on any atom is -0.497 e. The summed E-state index contributed by atoms with van der Waals surface area (Å²) in [7, 11) is 1.62. The summed E-state index contributed by atoms with van der Waals surface area (Å²) in [5.74, 6) is 1.66. The van der Waals surface area contributed by atoms with Gasteiger partial charge in [-0.05, 0) is 35.4 Å². The first-order chi connectivity index (χ1) is 15.2. The van der Waals surface area contributed by atoms with Gasteiger partial charge in [0.1, 0.15) is 17.1 Å². The van der Waals surface area contributed by atoms with Crippen LogP contribution in [0.5, 0.6) is 5.75 Å². The van der Waals surface area contributed by atoms with Crippen LogP contribution in [-0.4, -0.2) is 34.2 Å². The molecule has 0 radical (unpaired) electrons. The fraction of sp³-hybridized carbons (Fsp3) is 0.208. The monoisotopic (exact) mass is 415 g/mol. The summed E-state index contributed by atoms with van der Waals surface area (Å²) in [6, 6.07) is 21.5. The van der Waals surface area contributed by atoms with E-state index in [9.17, 15) is 4.79 Å². The standard InChI is InChI=1S/C24H25N5O2/c1-31-20-10-5-9-19(15-20)16-27-24(30)26-14-12-22-28-21-11-6-13-25-23(21)29(22)17-18-7-3-2-4-8-18/h2-11,13,15H,12,14,16-17H2,1H3,(H2,26,27,30). The Morgan fingerprint density at radius 2 is 1.84 bits per heavy atom. The maximum atomic E-state index is 12.2. The Bertz CT molecular complexity index is 1160. The van der Waals surface area contributed by atoms with Crippen LogP contribution >= 0.6 is 0 Å². The molecule has 2 amide bonds. The van der Waals surface area contributed by atoms with E-state index < -0.39 is 0 Å². The van der Waals surface area contributed by atoms with Crippen LogP contribution in [0.2, 0.25) is 0 Å². The topological polar surface area (TPSA) is 81.1 Å². The van der Waals surface area contributed by atoms with Crippen LogP contribution < -0.4 is 15.4 Å². The van der Waals surface area contributed by atoms with Gasteiger partial charge >= 0.3 is 6.03 Å². The molecule has 4 aromatic rings. The summed E-state index contributed by atoms with van der Waals surface area (Å²) in [5, 5.41) is 5.78. The van der Waals surface area contributed by atoms with Gasteiger partial charge in [-0.3, -0.25) is 0 Å². The highest BCUT2D eigenvalue weighted by molar-refractivity contribution is 5.74. The zero-order valence-corrected chi connectivity index (χ0v) is 17.4. The average molecular weight is 415 g/mol. The van der Waals surface area contributed by atoms with E-state index in [-0.39, 0.29) is 6.03 Å². The molecule has 0 atom stereocenters. The molecule has 2 heterocycles. The fourth-order valence-corrected chi connectivity index (χ4v) is 3.44. The van der Waals surface area contributed by atoms with E-state index in [2.05, 4.69) is 32.3 Å². The molecular formula is C24H25N5O2. The number of rotatable bonds is 8. The molecule has 4 rings (SSSR count). The average Bonchev–Trinajstić information content (AvgIpc) is 3.16. The second kappa shape index (κ2) is 9.75. The predicted molar refractivity (Wildman–Crippen MR) is 120 cm³/mol. The summed E-state index contributed by atoms with van der Waals surface area (Å²) in [4.78, 5) is 21.5. The number of nitrogens with zero attached hydrogens (tertiary/aromatic N) is 3. The molecule has 0 saturated heterocycles. The Morgan fingerprint density at radius 3 is 2.68 bits per heavy atom. The molecular weight excluding hydrogens is 390 g/mol. The third-order valence-corrected chi connectivity index (χ3v) is 4.99. The lowest BCUT2D eigenvalue weighted by atomic mass is 10.2. The molecule has 2 aromatic carbocycles. The molecule has 0 aliphatic rings. The van der Waals surface area contributed by atoms with Crippen LogP contribution in [0.3, 0.4) is 0 Å². The highest BCUT2D eigenvalue weighted by Crippen LogP contribution is 2.16. The molecule has 7 heteroatoms. The van der Waals surface area contributed by atoms with Gasteiger partial charge in [-0.1, -0.05) is 42.5 Å². The second-order valence-electron chi connectivity index (χ2n) is 7.16. The van der Waals surface area contributed by atoms with Crippen LogP contribution in [0.25, 0.3) is 11.2 Å². The Balaban J connectivity index is 1.37. The lowest BCUT2D eigenvalue weighted by Crippen LogP contribution is -2.36. The van der Waals surface area contributed by atoms with Gasteiger partial charge in [0.15, 0.2) is 5.65 Å². The highest BCUT2D eigenvalue weighted by Gasteiger charge is 2.12. The largest absolute Gasteiger partial charge is 0.497 e. The SMILES string of the molecule is COc1cccc(CNC(=O)NCCc2nc3cccnc3n2Cc2ccccc2)c1. The molecule has 0 saturated carbocycles. The van der Waals surface area contributed by atoms with Crippen LogP contribution in [0.1, 0.15) is 17.0 Å². The van der Waals surface area contributed by atoms with Crippen LogP contribution in [-0.2, 0) is 19.5 Å². The lowest BCUT2D eigenvalue weighted by Gasteiger charge is -2.11. The first-order valence-electron chi connectivity index (χ1n) is 10.2. The van der Waals surface area contributed by atoms with Crippen molar-refractivity contribution in [1.82, 2.24) is 25.2 Å². The molecule has 7 nitrogen and oxygen atoms in total. The number of nitrogens with one attached hydrogen (secondary N) is 2. The molecule has 31 heavy (non-hydrogen) atoms. The number of ether oxygens (including phenoxy) is 1. The van der Waals surface area contributed by atoms with Crippen molar-refractivity contribution in [2.45, 2.75) is 19.5 Å². The van der Waals surface area contributed by atoms with Crippen molar-refractivity contribution in [3.05, 3.63) is 89.9 Å². The summed E-state index contributed by atoms with van der Waals surface area (Å²) < 4.78 is 7.32. The molecule has 2 N–H and O–H groups in total.